The van der Waals surface area contributed by atoms with Gasteiger partial charge in [0.15, 0.2) is 0 Å². The molecule has 0 bridgehead atoms. The summed E-state index contributed by atoms with van der Waals surface area (Å²) in [4.78, 5) is 22.9. The first kappa shape index (κ1) is 14.9. The lowest BCUT2D eigenvalue weighted by atomic mass is 10.1. The maximum atomic E-state index is 11.7. The number of nitrogens with two attached hydrogens (primary N) is 1. The first-order valence-corrected chi connectivity index (χ1v) is 7.43. The number of para-hydroxylation sites is 1. The molecule has 2 aromatic rings. The molecular weight excluding hydrogens is 280 g/mol. The van der Waals surface area contributed by atoms with Gasteiger partial charge in [0.2, 0.25) is 5.91 Å². The van der Waals surface area contributed by atoms with Crippen molar-refractivity contribution in [3.8, 4) is 0 Å². The van der Waals surface area contributed by atoms with Gasteiger partial charge in [0, 0.05) is 17.6 Å². The van der Waals surface area contributed by atoms with Crippen LogP contribution in [0.5, 0.6) is 0 Å². The molecular formula is C16H20N4O2. The molecule has 1 aromatic heterocycles. The predicted octanol–water partition coefficient (Wildman–Crippen LogP) is 1.01. The highest BCUT2D eigenvalue weighted by molar-refractivity contribution is 5.81. The topological polar surface area (TPSA) is 81.3 Å². The molecule has 1 fully saturated rings. The summed E-state index contributed by atoms with van der Waals surface area (Å²) in [6, 6.07) is 7.48. The standard InChI is InChI=1S/C16H20N4O2/c1-10-12-5-3-4-6-13(12)19-14(18-10)9-20-7-8-22-11(2)15(20)16(17)21/h3-6,11,15H,7-9H2,1-2H3,(H2,17,21)/t11-,15+/m1/s1. The molecule has 116 valence electrons. The van der Waals surface area contributed by atoms with Crippen molar-refractivity contribution in [3.05, 3.63) is 35.8 Å². The molecule has 1 amide bonds. The van der Waals surface area contributed by atoms with Gasteiger partial charge < -0.3 is 10.5 Å². The van der Waals surface area contributed by atoms with Crippen molar-refractivity contribution in [2.75, 3.05) is 13.2 Å². The molecule has 3 rings (SSSR count). The van der Waals surface area contributed by atoms with Crippen molar-refractivity contribution in [3.63, 3.8) is 0 Å². The largest absolute Gasteiger partial charge is 0.375 e. The number of aryl methyl sites for hydroxylation is 1. The molecule has 2 N–H and O–H groups in total. The molecule has 0 spiro atoms. The van der Waals surface area contributed by atoms with Crippen LogP contribution in [0.3, 0.4) is 0 Å². The van der Waals surface area contributed by atoms with Gasteiger partial charge in [-0.25, -0.2) is 9.97 Å². The quantitative estimate of drug-likeness (QED) is 0.915. The van der Waals surface area contributed by atoms with E-state index >= 15 is 0 Å². The third-order valence-electron chi connectivity index (χ3n) is 4.07. The van der Waals surface area contributed by atoms with Crippen LogP contribution in [0.4, 0.5) is 0 Å². The van der Waals surface area contributed by atoms with Gasteiger partial charge in [-0.05, 0) is 19.9 Å². The van der Waals surface area contributed by atoms with Gasteiger partial charge in [0.25, 0.3) is 0 Å². The summed E-state index contributed by atoms with van der Waals surface area (Å²) in [5, 5.41) is 1.05. The molecule has 1 saturated heterocycles. The van der Waals surface area contributed by atoms with E-state index < -0.39 is 6.04 Å². The van der Waals surface area contributed by atoms with Gasteiger partial charge in [-0.2, -0.15) is 0 Å². The third-order valence-corrected chi connectivity index (χ3v) is 4.07. The lowest BCUT2D eigenvalue weighted by Crippen LogP contribution is -2.56. The van der Waals surface area contributed by atoms with E-state index in [1.807, 2.05) is 43.0 Å². The van der Waals surface area contributed by atoms with Gasteiger partial charge in [-0.15, -0.1) is 0 Å². The number of benzene rings is 1. The first-order valence-electron chi connectivity index (χ1n) is 7.43. The Kier molecular flexibility index (Phi) is 4.04. The van der Waals surface area contributed by atoms with Crippen LogP contribution >= 0.6 is 0 Å². The Balaban J connectivity index is 1.90. The van der Waals surface area contributed by atoms with Crippen molar-refractivity contribution in [2.24, 2.45) is 5.73 Å². The monoisotopic (exact) mass is 300 g/mol. The summed E-state index contributed by atoms with van der Waals surface area (Å²) in [7, 11) is 0. The fraction of sp³-hybridized carbons (Fsp3) is 0.438. The number of primary amides is 1. The second kappa shape index (κ2) is 5.98. The third kappa shape index (κ3) is 2.80. The van der Waals surface area contributed by atoms with Crippen LogP contribution in [0.2, 0.25) is 0 Å². The number of hydrogen-bond acceptors (Lipinski definition) is 5. The molecule has 0 aliphatic carbocycles. The summed E-state index contributed by atoms with van der Waals surface area (Å²) >= 11 is 0. The number of nitrogens with zero attached hydrogens (tertiary/aromatic N) is 3. The van der Waals surface area contributed by atoms with Gasteiger partial charge in [-0.3, -0.25) is 9.69 Å². The Morgan fingerprint density at radius 2 is 2.18 bits per heavy atom. The predicted molar refractivity (Wildman–Crippen MR) is 83.1 cm³/mol. The zero-order chi connectivity index (χ0) is 15.7. The maximum Gasteiger partial charge on any atom is 0.237 e. The minimum atomic E-state index is -0.441. The first-order chi connectivity index (χ1) is 10.6. The summed E-state index contributed by atoms with van der Waals surface area (Å²) in [6.45, 7) is 5.56. The number of rotatable bonds is 3. The Hall–Kier alpha value is -2.05. The molecule has 1 aromatic carbocycles. The Morgan fingerprint density at radius 1 is 1.41 bits per heavy atom. The van der Waals surface area contributed by atoms with E-state index in [1.165, 1.54) is 0 Å². The van der Waals surface area contributed by atoms with Gasteiger partial charge in [-0.1, -0.05) is 18.2 Å². The van der Waals surface area contributed by atoms with Crippen molar-refractivity contribution in [1.29, 1.82) is 0 Å². The summed E-state index contributed by atoms with van der Waals surface area (Å²) in [5.74, 6) is 0.335. The molecule has 1 aliphatic heterocycles. The lowest BCUT2D eigenvalue weighted by Gasteiger charge is -2.37. The summed E-state index contributed by atoms with van der Waals surface area (Å²) < 4.78 is 5.53. The van der Waals surface area contributed by atoms with Crippen LogP contribution in [-0.4, -0.2) is 46.1 Å². The smallest absolute Gasteiger partial charge is 0.237 e. The van der Waals surface area contributed by atoms with Gasteiger partial charge in [0.1, 0.15) is 11.9 Å². The van der Waals surface area contributed by atoms with Crippen LogP contribution in [0.25, 0.3) is 10.9 Å². The Morgan fingerprint density at radius 3 is 2.95 bits per heavy atom. The zero-order valence-corrected chi connectivity index (χ0v) is 12.8. The summed E-state index contributed by atoms with van der Waals surface area (Å²) in [5.41, 5.74) is 7.38. The molecule has 2 atom stereocenters. The van der Waals surface area contributed by atoms with Crippen LogP contribution < -0.4 is 5.73 Å². The minimum Gasteiger partial charge on any atom is -0.375 e. The molecule has 0 radical (unpaired) electrons. The highest BCUT2D eigenvalue weighted by atomic mass is 16.5. The number of morpholine rings is 1. The van der Waals surface area contributed by atoms with E-state index in [9.17, 15) is 4.79 Å². The molecule has 22 heavy (non-hydrogen) atoms. The molecule has 0 unspecified atom stereocenters. The maximum absolute atomic E-state index is 11.7. The number of carbonyl (C=O) groups excluding carboxylic acids is 1. The molecule has 2 heterocycles. The van der Waals surface area contributed by atoms with Crippen LogP contribution in [0.1, 0.15) is 18.4 Å². The van der Waals surface area contributed by atoms with E-state index in [-0.39, 0.29) is 12.0 Å². The summed E-state index contributed by atoms with van der Waals surface area (Å²) in [6.07, 6.45) is -0.215. The average molecular weight is 300 g/mol. The van der Waals surface area contributed by atoms with E-state index in [0.717, 1.165) is 16.6 Å². The van der Waals surface area contributed by atoms with Crippen molar-refractivity contribution in [2.45, 2.75) is 32.5 Å². The highest BCUT2D eigenvalue weighted by Gasteiger charge is 2.34. The van der Waals surface area contributed by atoms with E-state index in [2.05, 4.69) is 9.97 Å². The Labute approximate surface area is 129 Å². The SMILES string of the molecule is Cc1nc(CN2CCO[C@H](C)[C@H]2C(N)=O)nc2ccccc12. The number of carbonyl (C=O) groups is 1. The fourth-order valence-corrected chi connectivity index (χ4v) is 3.02. The van der Waals surface area contributed by atoms with Gasteiger partial charge in [0.05, 0.1) is 24.8 Å². The fourth-order valence-electron chi connectivity index (χ4n) is 3.02. The van der Waals surface area contributed by atoms with Gasteiger partial charge >= 0.3 is 0 Å². The van der Waals surface area contributed by atoms with E-state index in [0.29, 0.717) is 25.5 Å². The number of fused-ring (bicyclic) bond motifs is 1. The molecule has 6 heteroatoms. The molecule has 1 aliphatic rings. The van der Waals surface area contributed by atoms with Crippen molar-refractivity contribution < 1.29 is 9.53 Å². The number of ether oxygens (including phenoxy) is 1. The van der Waals surface area contributed by atoms with E-state index in [4.69, 9.17) is 10.5 Å². The average Bonchev–Trinajstić information content (AvgIpc) is 2.47. The van der Waals surface area contributed by atoms with Crippen LogP contribution in [0.15, 0.2) is 24.3 Å². The van der Waals surface area contributed by atoms with Crippen molar-refractivity contribution >= 4 is 16.8 Å². The minimum absolute atomic E-state index is 0.215. The van der Waals surface area contributed by atoms with Crippen LogP contribution in [-0.2, 0) is 16.1 Å². The number of hydrogen-bond donors (Lipinski definition) is 1. The number of aromatic nitrogens is 2. The lowest BCUT2D eigenvalue weighted by molar-refractivity contribution is -0.136. The second-order valence-corrected chi connectivity index (χ2v) is 5.64. The molecule has 0 saturated carbocycles. The molecule has 6 nitrogen and oxygen atoms in total. The normalized spacial score (nSPS) is 22.8. The second-order valence-electron chi connectivity index (χ2n) is 5.64. The van der Waals surface area contributed by atoms with Crippen LogP contribution in [0, 0.1) is 6.92 Å². The number of amides is 1. The zero-order valence-electron chi connectivity index (χ0n) is 12.8. The highest BCUT2D eigenvalue weighted by Crippen LogP contribution is 2.19. The Bertz CT molecular complexity index is 704. The van der Waals surface area contributed by atoms with E-state index in [1.54, 1.807) is 0 Å². The van der Waals surface area contributed by atoms with Crippen molar-refractivity contribution in [1.82, 2.24) is 14.9 Å².